The molecule has 0 unspecified atom stereocenters. The molecule has 2 heterocycles. The maximum absolute atomic E-state index is 13.9. The summed E-state index contributed by atoms with van der Waals surface area (Å²) < 4.78 is 19.6. The molecule has 0 radical (unpaired) electrons. The third kappa shape index (κ3) is 6.13. The predicted octanol–water partition coefficient (Wildman–Crippen LogP) is 4.69. The first-order valence-corrected chi connectivity index (χ1v) is 15.2. The van der Waals surface area contributed by atoms with Crippen LogP contribution in [0.1, 0.15) is 46.4 Å². The number of allylic oxidation sites excluding steroid dienone is 1. The number of thiazole rings is 1. The number of halogens is 1. The Hall–Kier alpha value is -4.23. The number of aromatic carboxylic acids is 1. The van der Waals surface area contributed by atoms with E-state index >= 15 is 0 Å². The molecule has 5 rings (SSSR count). The van der Waals surface area contributed by atoms with E-state index in [1.165, 1.54) is 37.7 Å². The fraction of sp³-hybridized carbons (Fsp3) is 0.188. The molecule has 220 valence electrons. The Morgan fingerprint density at radius 1 is 1.09 bits per heavy atom. The highest BCUT2D eigenvalue weighted by atomic mass is 127. The number of aromatic nitrogens is 1. The molecular formula is C32H27IN2O7S. The van der Waals surface area contributed by atoms with E-state index in [2.05, 4.69) is 22.6 Å². The van der Waals surface area contributed by atoms with Crippen molar-refractivity contribution < 1.29 is 28.9 Å². The van der Waals surface area contributed by atoms with Crippen molar-refractivity contribution in [2.24, 2.45) is 4.99 Å². The molecule has 4 aromatic rings. The molecule has 0 saturated carbocycles. The molecule has 3 aromatic carbocycles. The van der Waals surface area contributed by atoms with Crippen molar-refractivity contribution in [3.63, 3.8) is 0 Å². The van der Waals surface area contributed by atoms with E-state index in [1.807, 2.05) is 43.3 Å². The van der Waals surface area contributed by atoms with E-state index in [9.17, 15) is 14.4 Å². The highest BCUT2D eigenvalue weighted by Gasteiger charge is 2.33. The molecule has 0 bridgehead atoms. The van der Waals surface area contributed by atoms with Gasteiger partial charge in [0.1, 0.15) is 6.61 Å². The molecule has 1 aliphatic heterocycles. The van der Waals surface area contributed by atoms with Gasteiger partial charge in [-0.25, -0.2) is 14.6 Å². The number of fused-ring (bicyclic) bond motifs is 1. The largest absolute Gasteiger partial charge is 0.493 e. The van der Waals surface area contributed by atoms with Gasteiger partial charge in [-0.1, -0.05) is 60.7 Å². The van der Waals surface area contributed by atoms with Gasteiger partial charge < -0.3 is 19.3 Å². The van der Waals surface area contributed by atoms with Crippen LogP contribution in [0.2, 0.25) is 0 Å². The molecule has 0 saturated heterocycles. The van der Waals surface area contributed by atoms with Gasteiger partial charge in [0, 0.05) is 0 Å². The van der Waals surface area contributed by atoms with Crippen molar-refractivity contribution in [3.8, 4) is 11.5 Å². The lowest BCUT2D eigenvalue weighted by Gasteiger charge is -2.25. The molecule has 0 amide bonds. The number of nitrogens with zero attached hydrogens (tertiary/aromatic N) is 2. The molecule has 0 spiro atoms. The summed E-state index contributed by atoms with van der Waals surface area (Å²) in [5, 5.41) is 9.12. The number of carboxylic acid groups (broad SMARTS) is 1. The van der Waals surface area contributed by atoms with Gasteiger partial charge in [-0.05, 0) is 76.0 Å². The van der Waals surface area contributed by atoms with Crippen molar-refractivity contribution in [2.75, 3.05) is 14.2 Å². The van der Waals surface area contributed by atoms with Crippen LogP contribution >= 0.6 is 33.9 Å². The lowest BCUT2D eigenvalue weighted by molar-refractivity contribution is -0.136. The van der Waals surface area contributed by atoms with Crippen molar-refractivity contribution in [3.05, 3.63) is 124 Å². The summed E-state index contributed by atoms with van der Waals surface area (Å²) in [4.78, 5) is 43.2. The van der Waals surface area contributed by atoms with Crippen LogP contribution in [0.5, 0.6) is 11.5 Å². The number of benzene rings is 3. The Labute approximate surface area is 264 Å². The number of ether oxygens (including phenoxy) is 3. The Morgan fingerprint density at radius 3 is 2.44 bits per heavy atom. The van der Waals surface area contributed by atoms with Gasteiger partial charge in [0.2, 0.25) is 0 Å². The Balaban J connectivity index is 1.54. The van der Waals surface area contributed by atoms with Gasteiger partial charge in [0.05, 0.1) is 45.2 Å². The summed E-state index contributed by atoms with van der Waals surface area (Å²) in [7, 11) is 2.87. The maximum atomic E-state index is 13.9. The Kier molecular flexibility index (Phi) is 9.11. The second-order valence-electron chi connectivity index (χ2n) is 9.52. The third-order valence-corrected chi connectivity index (χ3v) is 8.68. The number of rotatable bonds is 9. The molecule has 0 fully saturated rings. The minimum atomic E-state index is -0.989. The lowest BCUT2D eigenvalue weighted by Crippen LogP contribution is -2.40. The zero-order valence-corrected chi connectivity index (χ0v) is 26.5. The Morgan fingerprint density at radius 2 is 1.81 bits per heavy atom. The highest BCUT2D eigenvalue weighted by molar-refractivity contribution is 14.1. The summed E-state index contributed by atoms with van der Waals surface area (Å²) in [6.45, 7) is 2.13. The molecule has 1 N–H and O–H groups in total. The summed E-state index contributed by atoms with van der Waals surface area (Å²) in [6, 6.07) is 18.9. The van der Waals surface area contributed by atoms with E-state index < -0.39 is 18.0 Å². The number of carbonyl (C=O) groups excluding carboxylic acids is 1. The van der Waals surface area contributed by atoms with Crippen molar-refractivity contribution >= 4 is 51.9 Å². The summed E-state index contributed by atoms with van der Waals surface area (Å²) in [5.41, 5.74) is 3.19. The van der Waals surface area contributed by atoms with Crippen molar-refractivity contribution in [1.29, 1.82) is 0 Å². The SMILES string of the molecule is CCC1=C(C(=O)OC)[C@@H](c2ccccc2)n2c(s/c(=C\c3cc(I)c(OCc4ccc(C(=O)O)cc4)c(OC)c3)c2=O)=N1. The second kappa shape index (κ2) is 13.0. The van der Waals surface area contributed by atoms with Gasteiger partial charge in [-0.2, -0.15) is 0 Å². The van der Waals surface area contributed by atoms with Gasteiger partial charge in [0.15, 0.2) is 16.3 Å². The number of carbonyl (C=O) groups is 2. The predicted molar refractivity (Wildman–Crippen MR) is 170 cm³/mol. The fourth-order valence-electron chi connectivity index (χ4n) is 4.83. The topological polar surface area (TPSA) is 116 Å². The number of hydrogen-bond acceptors (Lipinski definition) is 8. The monoisotopic (exact) mass is 710 g/mol. The quantitative estimate of drug-likeness (QED) is 0.198. The zero-order chi connectivity index (χ0) is 30.7. The van der Waals surface area contributed by atoms with E-state index in [-0.39, 0.29) is 17.7 Å². The average molecular weight is 711 g/mol. The van der Waals surface area contributed by atoms with Crippen LogP contribution in [-0.2, 0) is 16.1 Å². The Bertz CT molecular complexity index is 1910. The standard InChI is InChI=1S/C32H27IN2O7S/c1-4-23-26(31(39)41-3)27(20-8-6-5-7-9-20)35-29(36)25(43-32(35)34-23)16-19-14-22(33)28(24(15-19)40-2)42-17-18-10-12-21(13-11-18)30(37)38/h5-16,27H,4,17H2,1-3H3,(H,37,38)/b25-16-/t27-/m1/s1. The van der Waals surface area contributed by atoms with Crippen LogP contribution in [-0.4, -0.2) is 35.8 Å². The lowest BCUT2D eigenvalue weighted by atomic mass is 9.95. The molecule has 0 aliphatic carbocycles. The van der Waals surface area contributed by atoms with E-state index in [4.69, 9.17) is 24.3 Å². The minimum absolute atomic E-state index is 0.202. The van der Waals surface area contributed by atoms with E-state index in [0.717, 1.165) is 20.3 Å². The average Bonchev–Trinajstić information content (AvgIpc) is 3.33. The first-order valence-electron chi connectivity index (χ1n) is 13.3. The van der Waals surface area contributed by atoms with Crippen LogP contribution in [0.25, 0.3) is 6.08 Å². The molecule has 11 heteroatoms. The third-order valence-electron chi connectivity index (χ3n) is 6.90. The molecule has 1 aromatic heterocycles. The molecule has 1 aliphatic rings. The summed E-state index contributed by atoms with van der Waals surface area (Å²) in [5.74, 6) is -0.492. The number of esters is 1. The number of hydrogen-bond donors (Lipinski definition) is 1. The molecule has 43 heavy (non-hydrogen) atoms. The normalized spacial score (nSPS) is 14.6. The van der Waals surface area contributed by atoms with Gasteiger partial charge >= 0.3 is 11.9 Å². The van der Waals surface area contributed by atoms with Crippen LogP contribution in [0.4, 0.5) is 0 Å². The van der Waals surface area contributed by atoms with Gasteiger partial charge in [-0.15, -0.1) is 0 Å². The van der Waals surface area contributed by atoms with E-state index in [0.29, 0.717) is 38.5 Å². The minimum Gasteiger partial charge on any atom is -0.493 e. The zero-order valence-electron chi connectivity index (χ0n) is 23.5. The number of methoxy groups -OCH3 is 2. The van der Waals surface area contributed by atoms with Crippen LogP contribution in [0.15, 0.2) is 87.8 Å². The summed E-state index contributed by atoms with van der Waals surface area (Å²) >= 11 is 3.41. The highest BCUT2D eigenvalue weighted by Crippen LogP contribution is 2.35. The first kappa shape index (κ1) is 30.2. The van der Waals surface area contributed by atoms with E-state index in [1.54, 1.807) is 28.8 Å². The van der Waals surface area contributed by atoms with Crippen LogP contribution < -0.4 is 24.4 Å². The molecule has 1 atom stereocenters. The fourth-order valence-corrected chi connectivity index (χ4v) is 6.63. The van der Waals surface area contributed by atoms with Gasteiger partial charge in [0.25, 0.3) is 5.56 Å². The van der Waals surface area contributed by atoms with Crippen LogP contribution in [0.3, 0.4) is 0 Å². The van der Waals surface area contributed by atoms with Crippen molar-refractivity contribution in [1.82, 2.24) is 4.57 Å². The maximum Gasteiger partial charge on any atom is 0.338 e. The number of carboxylic acids is 1. The van der Waals surface area contributed by atoms with Crippen LogP contribution in [0, 0.1) is 3.57 Å². The molecular weight excluding hydrogens is 683 g/mol. The second-order valence-corrected chi connectivity index (χ2v) is 11.7. The van der Waals surface area contributed by atoms with Crippen molar-refractivity contribution in [2.45, 2.75) is 26.0 Å². The van der Waals surface area contributed by atoms with Gasteiger partial charge in [-0.3, -0.25) is 9.36 Å². The summed E-state index contributed by atoms with van der Waals surface area (Å²) in [6.07, 6.45) is 2.28. The molecule has 9 nitrogen and oxygen atoms in total. The first-order chi connectivity index (χ1) is 20.7. The smallest absolute Gasteiger partial charge is 0.338 e.